The van der Waals surface area contributed by atoms with Crippen molar-refractivity contribution in [2.75, 3.05) is 27.3 Å². The van der Waals surface area contributed by atoms with Crippen LogP contribution in [0.1, 0.15) is 56.6 Å². The molecule has 5 rings (SSSR count). The Labute approximate surface area is 222 Å². The van der Waals surface area contributed by atoms with Gasteiger partial charge in [0.05, 0.1) is 25.3 Å². The molecule has 4 aromatic rings. The van der Waals surface area contributed by atoms with Crippen molar-refractivity contribution in [2.45, 2.75) is 51.6 Å². The molecule has 0 amide bonds. The maximum atomic E-state index is 13.6. The van der Waals surface area contributed by atoms with E-state index in [0.29, 0.717) is 34.3 Å². The number of piperidine rings is 1. The third-order valence-corrected chi connectivity index (χ3v) is 7.43. The van der Waals surface area contributed by atoms with E-state index in [0.717, 1.165) is 37.7 Å². The van der Waals surface area contributed by atoms with Crippen LogP contribution in [0.5, 0.6) is 11.5 Å². The molecule has 2 aromatic heterocycles. The fourth-order valence-corrected chi connectivity index (χ4v) is 5.46. The molecule has 1 fully saturated rings. The van der Waals surface area contributed by atoms with Crippen LogP contribution >= 0.6 is 0 Å². The minimum atomic E-state index is -0.386. The lowest BCUT2D eigenvalue weighted by Crippen LogP contribution is -2.42. The van der Waals surface area contributed by atoms with Crippen molar-refractivity contribution < 1.29 is 9.47 Å². The minimum Gasteiger partial charge on any atom is -0.493 e. The second kappa shape index (κ2) is 10.6. The van der Waals surface area contributed by atoms with Crippen LogP contribution in [0.2, 0.25) is 0 Å². The van der Waals surface area contributed by atoms with Gasteiger partial charge in [0.1, 0.15) is 6.04 Å². The standard InChI is InChI=1S/C29H36N6O3/c1-29(2,3)35-27(31-32-33-35)26(34-13-11-20(12-14-34)15-19-9-7-6-8-10-19)22-16-21-17-24(37-4)25(38-5)18-23(21)30-28(22)36/h6-10,16-18,20,26H,11-15H2,1-5H3,(H,30,36)/t26-/m1/s1. The number of aromatic nitrogens is 5. The number of hydrogen-bond donors (Lipinski definition) is 1. The lowest BCUT2D eigenvalue weighted by atomic mass is 9.88. The van der Waals surface area contributed by atoms with Crippen LogP contribution in [0, 0.1) is 5.92 Å². The summed E-state index contributed by atoms with van der Waals surface area (Å²) in [5.74, 6) is 2.44. The molecule has 1 aliphatic rings. The van der Waals surface area contributed by atoms with Crippen LogP contribution < -0.4 is 15.0 Å². The molecule has 0 spiro atoms. The van der Waals surface area contributed by atoms with Gasteiger partial charge in [0, 0.05) is 17.0 Å². The topological polar surface area (TPSA) is 98.2 Å². The lowest BCUT2D eigenvalue weighted by molar-refractivity contribution is 0.138. The number of benzene rings is 2. The van der Waals surface area contributed by atoms with E-state index in [2.05, 4.69) is 76.5 Å². The molecule has 200 valence electrons. The van der Waals surface area contributed by atoms with Gasteiger partial charge in [-0.15, -0.1) is 5.10 Å². The fraction of sp³-hybridized carbons (Fsp3) is 0.448. The third kappa shape index (κ3) is 5.15. The quantitative estimate of drug-likeness (QED) is 0.390. The average molecular weight is 517 g/mol. The zero-order valence-corrected chi connectivity index (χ0v) is 22.8. The Morgan fingerprint density at radius 3 is 2.37 bits per heavy atom. The summed E-state index contributed by atoms with van der Waals surface area (Å²) in [5, 5.41) is 13.7. The van der Waals surface area contributed by atoms with Crippen molar-refractivity contribution in [3.63, 3.8) is 0 Å². The summed E-state index contributed by atoms with van der Waals surface area (Å²) in [4.78, 5) is 19.0. The van der Waals surface area contributed by atoms with E-state index in [1.54, 1.807) is 20.3 Å². The van der Waals surface area contributed by atoms with Crippen molar-refractivity contribution in [3.05, 3.63) is 75.8 Å². The largest absolute Gasteiger partial charge is 0.493 e. The molecule has 1 aliphatic heterocycles. The first-order valence-electron chi connectivity index (χ1n) is 13.1. The first-order chi connectivity index (χ1) is 18.3. The Morgan fingerprint density at radius 2 is 1.71 bits per heavy atom. The zero-order chi connectivity index (χ0) is 26.9. The third-order valence-electron chi connectivity index (χ3n) is 7.43. The highest BCUT2D eigenvalue weighted by Gasteiger charge is 2.35. The molecule has 1 saturated heterocycles. The van der Waals surface area contributed by atoms with Gasteiger partial charge in [0.25, 0.3) is 5.56 Å². The second-order valence-electron chi connectivity index (χ2n) is 11.0. The molecule has 2 aromatic carbocycles. The molecule has 0 saturated carbocycles. The van der Waals surface area contributed by atoms with Crippen LogP contribution in [0.4, 0.5) is 0 Å². The number of ether oxygens (including phenoxy) is 2. The van der Waals surface area contributed by atoms with Crippen LogP contribution in [0.25, 0.3) is 10.9 Å². The molecular formula is C29H36N6O3. The molecule has 38 heavy (non-hydrogen) atoms. The molecule has 9 heteroatoms. The van der Waals surface area contributed by atoms with Crippen molar-refractivity contribution in [1.82, 2.24) is 30.1 Å². The van der Waals surface area contributed by atoms with Crippen LogP contribution in [-0.2, 0) is 12.0 Å². The van der Waals surface area contributed by atoms with E-state index in [4.69, 9.17) is 9.47 Å². The number of hydrogen-bond acceptors (Lipinski definition) is 7. The normalized spacial score (nSPS) is 16.0. The summed E-state index contributed by atoms with van der Waals surface area (Å²) in [5.41, 5.74) is 2.17. The predicted octanol–water partition coefficient (Wildman–Crippen LogP) is 4.33. The number of pyridine rings is 1. The highest BCUT2D eigenvalue weighted by atomic mass is 16.5. The molecular weight excluding hydrogens is 480 g/mol. The molecule has 0 unspecified atom stereocenters. The van der Waals surface area contributed by atoms with Crippen molar-refractivity contribution in [1.29, 1.82) is 0 Å². The summed E-state index contributed by atoms with van der Waals surface area (Å²) in [7, 11) is 3.19. The summed E-state index contributed by atoms with van der Waals surface area (Å²) in [6.07, 6.45) is 3.15. The zero-order valence-electron chi connectivity index (χ0n) is 22.8. The highest BCUT2D eigenvalue weighted by Crippen LogP contribution is 2.35. The van der Waals surface area contributed by atoms with Gasteiger partial charge in [0.2, 0.25) is 0 Å². The SMILES string of the molecule is COc1cc2cc([C@H](c3nnnn3C(C)(C)C)N3CCC(Cc4ccccc4)CC3)c(=O)[nH]c2cc1OC. The summed E-state index contributed by atoms with van der Waals surface area (Å²) in [6.45, 7) is 7.90. The molecule has 0 bridgehead atoms. The van der Waals surface area contributed by atoms with E-state index in [-0.39, 0.29) is 17.1 Å². The van der Waals surface area contributed by atoms with Crippen molar-refractivity contribution >= 4 is 10.9 Å². The Hall–Kier alpha value is -3.72. The second-order valence-corrected chi connectivity index (χ2v) is 11.0. The number of methoxy groups -OCH3 is 2. The van der Waals surface area contributed by atoms with E-state index >= 15 is 0 Å². The Bertz CT molecular complexity index is 1450. The van der Waals surface area contributed by atoms with Gasteiger partial charge < -0.3 is 14.5 Å². The van der Waals surface area contributed by atoms with Crippen LogP contribution in [0.15, 0.2) is 53.3 Å². The number of nitrogens with zero attached hydrogens (tertiary/aromatic N) is 5. The summed E-state index contributed by atoms with van der Waals surface area (Å²) >= 11 is 0. The molecule has 1 N–H and O–H groups in total. The van der Waals surface area contributed by atoms with Crippen LogP contribution in [0.3, 0.4) is 0 Å². The lowest BCUT2D eigenvalue weighted by Gasteiger charge is -2.37. The number of likely N-dealkylation sites (tertiary alicyclic amines) is 1. The Morgan fingerprint density at radius 1 is 1.03 bits per heavy atom. The van der Waals surface area contributed by atoms with Gasteiger partial charge in [-0.2, -0.15) is 0 Å². The van der Waals surface area contributed by atoms with Gasteiger partial charge in [0.15, 0.2) is 17.3 Å². The van der Waals surface area contributed by atoms with Gasteiger partial charge >= 0.3 is 0 Å². The predicted molar refractivity (Wildman–Crippen MR) is 147 cm³/mol. The Kier molecular flexibility index (Phi) is 7.21. The fourth-order valence-electron chi connectivity index (χ4n) is 5.46. The van der Waals surface area contributed by atoms with Gasteiger partial charge in [-0.05, 0) is 87.2 Å². The molecule has 0 radical (unpaired) electrons. The number of rotatable bonds is 7. The van der Waals surface area contributed by atoms with E-state index in [1.807, 2.05) is 16.8 Å². The van der Waals surface area contributed by atoms with Gasteiger partial charge in [-0.25, -0.2) is 4.68 Å². The van der Waals surface area contributed by atoms with E-state index in [1.165, 1.54) is 5.56 Å². The number of aromatic amines is 1. The minimum absolute atomic E-state index is 0.162. The first-order valence-corrected chi connectivity index (χ1v) is 13.1. The van der Waals surface area contributed by atoms with Gasteiger partial charge in [-0.3, -0.25) is 9.69 Å². The average Bonchev–Trinajstić information content (AvgIpc) is 3.40. The number of tetrazole rings is 1. The molecule has 0 aliphatic carbocycles. The molecule has 3 heterocycles. The number of fused-ring (bicyclic) bond motifs is 1. The van der Waals surface area contributed by atoms with E-state index < -0.39 is 0 Å². The number of nitrogens with one attached hydrogen (secondary N) is 1. The number of H-pyrrole nitrogens is 1. The van der Waals surface area contributed by atoms with Crippen molar-refractivity contribution in [2.24, 2.45) is 5.92 Å². The van der Waals surface area contributed by atoms with Gasteiger partial charge in [-0.1, -0.05) is 30.3 Å². The van der Waals surface area contributed by atoms with Crippen LogP contribution in [-0.4, -0.2) is 57.4 Å². The summed E-state index contributed by atoms with van der Waals surface area (Å²) in [6, 6.07) is 15.9. The maximum absolute atomic E-state index is 13.6. The Balaban J connectivity index is 1.54. The maximum Gasteiger partial charge on any atom is 0.253 e. The van der Waals surface area contributed by atoms with E-state index in [9.17, 15) is 4.79 Å². The monoisotopic (exact) mass is 516 g/mol. The first kappa shape index (κ1) is 25.9. The highest BCUT2D eigenvalue weighted by molar-refractivity contribution is 5.83. The summed E-state index contributed by atoms with van der Waals surface area (Å²) < 4.78 is 12.8. The molecule has 9 nitrogen and oxygen atoms in total. The smallest absolute Gasteiger partial charge is 0.253 e. The van der Waals surface area contributed by atoms with Crippen molar-refractivity contribution in [3.8, 4) is 11.5 Å². The molecule has 1 atom stereocenters.